The molecule has 9 nitrogen and oxygen atoms in total. The molecule has 0 spiro atoms. The van der Waals surface area contributed by atoms with Crippen molar-refractivity contribution in [1.82, 2.24) is 30.4 Å². The van der Waals surface area contributed by atoms with Crippen molar-refractivity contribution in [2.75, 3.05) is 39.2 Å². The molecule has 0 radical (unpaired) electrons. The highest BCUT2D eigenvalue weighted by Gasteiger charge is 2.13. The number of nitrogens with one attached hydrogen (secondary N) is 1. The van der Waals surface area contributed by atoms with Crippen molar-refractivity contribution in [2.24, 2.45) is 0 Å². The van der Waals surface area contributed by atoms with Gasteiger partial charge in [0.25, 0.3) is 0 Å². The van der Waals surface area contributed by atoms with Crippen molar-refractivity contribution in [3.05, 3.63) is 59.7 Å². The molecule has 168 valence electrons. The first-order valence-electron chi connectivity index (χ1n) is 10.4. The van der Waals surface area contributed by atoms with Crippen LogP contribution in [0.3, 0.4) is 0 Å². The van der Waals surface area contributed by atoms with Crippen molar-refractivity contribution in [3.8, 4) is 11.4 Å². The second-order valence-electron chi connectivity index (χ2n) is 7.34. The van der Waals surface area contributed by atoms with Crippen LogP contribution in [0.5, 0.6) is 5.75 Å². The molecule has 1 amide bonds. The van der Waals surface area contributed by atoms with Crippen LogP contribution in [0, 0.1) is 0 Å². The second-order valence-corrected chi connectivity index (χ2v) is 8.28. The number of tetrazole rings is 1. The lowest BCUT2D eigenvalue weighted by molar-refractivity contribution is -0.118. The number of amides is 1. The van der Waals surface area contributed by atoms with Crippen molar-refractivity contribution < 1.29 is 14.3 Å². The molecule has 10 heteroatoms. The zero-order valence-electron chi connectivity index (χ0n) is 17.9. The van der Waals surface area contributed by atoms with E-state index in [4.69, 9.17) is 9.47 Å². The number of hydrogen-bond acceptors (Lipinski definition) is 8. The van der Waals surface area contributed by atoms with Crippen molar-refractivity contribution in [2.45, 2.75) is 18.2 Å². The number of benzene rings is 2. The average molecular weight is 455 g/mol. The van der Waals surface area contributed by atoms with Gasteiger partial charge in [0.05, 0.1) is 31.8 Å². The van der Waals surface area contributed by atoms with Gasteiger partial charge in [0.15, 0.2) is 0 Å². The third-order valence-electron chi connectivity index (χ3n) is 5.11. The van der Waals surface area contributed by atoms with Crippen LogP contribution in [-0.2, 0) is 22.6 Å². The van der Waals surface area contributed by atoms with Crippen molar-refractivity contribution in [1.29, 1.82) is 0 Å². The number of ether oxygens (including phenoxy) is 2. The van der Waals surface area contributed by atoms with Gasteiger partial charge in [0.1, 0.15) is 5.75 Å². The molecule has 1 aliphatic rings. The molecule has 32 heavy (non-hydrogen) atoms. The fourth-order valence-electron chi connectivity index (χ4n) is 3.32. The third kappa shape index (κ3) is 6.06. The molecule has 1 saturated heterocycles. The summed E-state index contributed by atoms with van der Waals surface area (Å²) >= 11 is 1.29. The van der Waals surface area contributed by atoms with Gasteiger partial charge >= 0.3 is 0 Å². The maximum Gasteiger partial charge on any atom is 0.230 e. The Balaban J connectivity index is 1.24. The largest absolute Gasteiger partial charge is 0.497 e. The zero-order valence-corrected chi connectivity index (χ0v) is 18.8. The summed E-state index contributed by atoms with van der Waals surface area (Å²) in [6.45, 7) is 4.95. The van der Waals surface area contributed by atoms with Crippen LogP contribution in [0.1, 0.15) is 11.1 Å². The van der Waals surface area contributed by atoms with Gasteiger partial charge in [-0.25, -0.2) is 0 Å². The Labute approximate surface area is 191 Å². The Morgan fingerprint density at radius 2 is 1.81 bits per heavy atom. The first kappa shape index (κ1) is 22.3. The number of morpholine rings is 1. The molecular formula is C22H26N6O3S. The van der Waals surface area contributed by atoms with E-state index < -0.39 is 0 Å². The van der Waals surface area contributed by atoms with Gasteiger partial charge < -0.3 is 14.8 Å². The van der Waals surface area contributed by atoms with Gasteiger partial charge in [-0.05, 0) is 45.8 Å². The summed E-state index contributed by atoms with van der Waals surface area (Å²) in [5.41, 5.74) is 3.14. The van der Waals surface area contributed by atoms with E-state index in [2.05, 4.69) is 50.0 Å². The summed E-state index contributed by atoms with van der Waals surface area (Å²) in [5.74, 6) is 0.909. The molecule has 0 aliphatic carbocycles. The fraction of sp³-hybridized carbons (Fsp3) is 0.364. The number of nitrogens with zero attached hydrogens (tertiary/aromatic N) is 5. The Hall–Kier alpha value is -2.95. The highest BCUT2D eigenvalue weighted by molar-refractivity contribution is 7.99. The highest BCUT2D eigenvalue weighted by atomic mass is 32.2. The first-order chi connectivity index (χ1) is 15.7. The van der Waals surface area contributed by atoms with Crippen LogP contribution in [0.4, 0.5) is 0 Å². The minimum atomic E-state index is -0.0725. The summed E-state index contributed by atoms with van der Waals surface area (Å²) in [7, 11) is 1.62. The molecule has 0 atom stereocenters. The van der Waals surface area contributed by atoms with Crippen LogP contribution in [0.15, 0.2) is 53.7 Å². The smallest absolute Gasteiger partial charge is 0.230 e. The van der Waals surface area contributed by atoms with E-state index in [1.165, 1.54) is 17.3 Å². The molecule has 0 unspecified atom stereocenters. The lowest BCUT2D eigenvalue weighted by Gasteiger charge is -2.26. The summed E-state index contributed by atoms with van der Waals surface area (Å²) < 4.78 is 12.2. The van der Waals surface area contributed by atoms with Gasteiger partial charge in [0.2, 0.25) is 11.1 Å². The maximum atomic E-state index is 12.3. The molecule has 1 fully saturated rings. The highest BCUT2D eigenvalue weighted by Crippen LogP contribution is 2.20. The topological polar surface area (TPSA) is 94.4 Å². The minimum absolute atomic E-state index is 0.0725. The maximum absolute atomic E-state index is 12.3. The lowest BCUT2D eigenvalue weighted by Crippen LogP contribution is -2.35. The summed E-state index contributed by atoms with van der Waals surface area (Å²) in [5, 5.41) is 15.3. The Bertz CT molecular complexity index is 1000. The predicted octanol–water partition coefficient (Wildman–Crippen LogP) is 1.91. The fourth-order valence-corrected chi connectivity index (χ4v) is 4.04. The molecule has 1 aliphatic heterocycles. The second kappa shape index (κ2) is 11.1. The van der Waals surface area contributed by atoms with Gasteiger partial charge in [-0.15, -0.1) is 5.10 Å². The lowest BCUT2D eigenvalue weighted by atomic mass is 10.1. The predicted molar refractivity (Wildman–Crippen MR) is 121 cm³/mol. The summed E-state index contributed by atoms with van der Waals surface area (Å²) in [4.78, 5) is 14.7. The number of aromatic nitrogens is 4. The molecule has 0 saturated carbocycles. The Morgan fingerprint density at radius 1 is 1.09 bits per heavy atom. The molecule has 1 N–H and O–H groups in total. The first-order valence-corrected chi connectivity index (χ1v) is 11.4. The Morgan fingerprint density at radius 3 is 2.53 bits per heavy atom. The van der Waals surface area contributed by atoms with Crippen LogP contribution >= 0.6 is 11.8 Å². The molecular weight excluding hydrogens is 428 g/mol. The Kier molecular flexibility index (Phi) is 7.70. The van der Waals surface area contributed by atoms with Gasteiger partial charge in [-0.1, -0.05) is 36.0 Å². The van der Waals surface area contributed by atoms with Gasteiger partial charge in [-0.2, -0.15) is 4.68 Å². The normalized spacial score (nSPS) is 14.3. The van der Waals surface area contributed by atoms with E-state index in [1.54, 1.807) is 11.8 Å². The quantitative estimate of drug-likeness (QED) is 0.490. The summed E-state index contributed by atoms with van der Waals surface area (Å²) in [6, 6.07) is 15.8. The number of methoxy groups -OCH3 is 1. The van der Waals surface area contributed by atoms with E-state index in [0.29, 0.717) is 11.7 Å². The van der Waals surface area contributed by atoms with E-state index >= 15 is 0 Å². The van der Waals surface area contributed by atoms with Crippen molar-refractivity contribution >= 4 is 17.7 Å². The van der Waals surface area contributed by atoms with Gasteiger partial charge in [-0.3, -0.25) is 9.69 Å². The third-order valence-corrected chi connectivity index (χ3v) is 6.03. The molecule has 2 heterocycles. The number of thioether (sulfide) groups is 1. The van der Waals surface area contributed by atoms with Crippen LogP contribution in [-0.4, -0.2) is 70.2 Å². The van der Waals surface area contributed by atoms with E-state index in [0.717, 1.165) is 49.8 Å². The number of carbonyl (C=O) groups excluding carboxylic acids is 1. The minimum Gasteiger partial charge on any atom is -0.497 e. The monoisotopic (exact) mass is 454 g/mol. The molecule has 1 aromatic heterocycles. The van der Waals surface area contributed by atoms with E-state index in [1.807, 2.05) is 24.3 Å². The summed E-state index contributed by atoms with van der Waals surface area (Å²) in [6.07, 6.45) is 0. The van der Waals surface area contributed by atoms with E-state index in [-0.39, 0.29) is 11.7 Å². The molecule has 4 rings (SSSR count). The zero-order chi connectivity index (χ0) is 22.2. The number of carbonyl (C=O) groups is 1. The van der Waals surface area contributed by atoms with Crippen LogP contribution in [0.2, 0.25) is 0 Å². The van der Waals surface area contributed by atoms with Crippen LogP contribution < -0.4 is 10.1 Å². The van der Waals surface area contributed by atoms with Gasteiger partial charge in [0, 0.05) is 26.2 Å². The van der Waals surface area contributed by atoms with Crippen molar-refractivity contribution in [3.63, 3.8) is 0 Å². The molecule has 0 bridgehead atoms. The number of hydrogen-bond donors (Lipinski definition) is 1. The molecule has 2 aromatic carbocycles. The SMILES string of the molecule is COc1ccc(-n2nnnc2SCC(=O)NCc2ccc(CN3CCOCC3)cc2)cc1. The average Bonchev–Trinajstić information content (AvgIpc) is 3.32. The molecule has 3 aromatic rings. The standard InChI is InChI=1S/C22H26N6O3S/c1-30-20-8-6-19(7-9-20)28-22(24-25-26-28)32-16-21(29)23-14-17-2-4-18(5-3-17)15-27-10-12-31-13-11-27/h2-9H,10-16H2,1H3,(H,23,29). The van der Waals surface area contributed by atoms with Crippen LogP contribution in [0.25, 0.3) is 5.69 Å². The number of rotatable bonds is 9. The van der Waals surface area contributed by atoms with E-state index in [9.17, 15) is 4.79 Å².